The minimum Gasteiger partial charge on any atom is -0.493 e. The Morgan fingerprint density at radius 1 is 1.19 bits per heavy atom. The van der Waals surface area contributed by atoms with Gasteiger partial charge in [0.2, 0.25) is 0 Å². The summed E-state index contributed by atoms with van der Waals surface area (Å²) in [6.45, 7) is 2.54. The minimum atomic E-state index is 0.751. The van der Waals surface area contributed by atoms with Gasteiger partial charge in [-0.15, -0.1) is 0 Å². The lowest BCUT2D eigenvalue weighted by molar-refractivity contribution is 0.353. The molecule has 4 heteroatoms. The smallest absolute Gasteiger partial charge is 0.127 e. The second kappa shape index (κ2) is 4.85. The Morgan fingerprint density at radius 2 is 2.10 bits per heavy atom. The number of nitrogens with two attached hydrogens (primary N) is 1. The maximum atomic E-state index is 6.25. The molecule has 0 atom stereocenters. The van der Waals surface area contributed by atoms with Crippen molar-refractivity contribution in [3.63, 3.8) is 0 Å². The van der Waals surface area contributed by atoms with Gasteiger partial charge >= 0.3 is 0 Å². The van der Waals surface area contributed by atoms with Gasteiger partial charge in [0.15, 0.2) is 0 Å². The summed E-state index contributed by atoms with van der Waals surface area (Å²) in [7, 11) is 0. The minimum absolute atomic E-state index is 0.751. The van der Waals surface area contributed by atoms with Crippen molar-refractivity contribution in [2.45, 2.75) is 19.4 Å². The Morgan fingerprint density at radius 3 is 3.00 bits per heavy atom. The van der Waals surface area contributed by atoms with Gasteiger partial charge in [-0.1, -0.05) is 23.7 Å². The topological polar surface area (TPSA) is 38.5 Å². The Bertz CT molecular complexity index is 714. The van der Waals surface area contributed by atoms with E-state index in [9.17, 15) is 0 Å². The second-order valence-electron chi connectivity index (χ2n) is 5.68. The predicted octanol–water partition coefficient (Wildman–Crippen LogP) is 3.42. The zero-order valence-corrected chi connectivity index (χ0v) is 12.5. The molecule has 108 valence electrons. The highest BCUT2D eigenvalue weighted by molar-refractivity contribution is 6.30. The van der Waals surface area contributed by atoms with Crippen LogP contribution in [0.4, 0.5) is 11.4 Å². The summed E-state index contributed by atoms with van der Waals surface area (Å²) in [6, 6.07) is 10.2. The fraction of sp³-hybridized carbons (Fsp3) is 0.294. The molecule has 0 bridgehead atoms. The SMILES string of the molecule is Nc1cccc2c1N(Cc1cc(Cl)cc3c1OCC3)CC2. The molecule has 21 heavy (non-hydrogen) atoms. The van der Waals surface area contributed by atoms with Crippen molar-refractivity contribution in [2.24, 2.45) is 0 Å². The molecule has 0 unspecified atom stereocenters. The molecule has 0 fully saturated rings. The molecule has 0 radical (unpaired) electrons. The van der Waals surface area contributed by atoms with Crippen LogP contribution in [0.2, 0.25) is 5.02 Å². The Hall–Kier alpha value is -1.87. The number of benzene rings is 2. The van der Waals surface area contributed by atoms with Crippen molar-refractivity contribution in [2.75, 3.05) is 23.8 Å². The van der Waals surface area contributed by atoms with Crippen LogP contribution in [-0.2, 0) is 19.4 Å². The summed E-state index contributed by atoms with van der Waals surface area (Å²) in [4.78, 5) is 2.33. The molecule has 2 aromatic rings. The van der Waals surface area contributed by atoms with Crippen LogP contribution in [0.5, 0.6) is 5.75 Å². The molecule has 0 saturated heterocycles. The van der Waals surface area contributed by atoms with Gasteiger partial charge in [-0.3, -0.25) is 0 Å². The molecule has 0 saturated carbocycles. The third-order valence-corrected chi connectivity index (χ3v) is 4.52. The number of ether oxygens (including phenoxy) is 1. The van der Waals surface area contributed by atoms with Gasteiger partial charge < -0.3 is 15.4 Å². The molecule has 0 spiro atoms. The normalized spacial score (nSPS) is 15.8. The number of anilines is 2. The zero-order chi connectivity index (χ0) is 14.4. The van der Waals surface area contributed by atoms with Crippen LogP contribution in [0.15, 0.2) is 30.3 Å². The standard InChI is InChI=1S/C17H17ClN2O/c18-14-8-12-5-7-21-17(12)13(9-14)10-20-6-4-11-2-1-3-15(19)16(11)20/h1-3,8-9H,4-7,10,19H2. The van der Waals surface area contributed by atoms with Gasteiger partial charge in [0.1, 0.15) is 5.75 Å². The zero-order valence-electron chi connectivity index (χ0n) is 11.7. The van der Waals surface area contributed by atoms with Gasteiger partial charge in [0, 0.05) is 30.1 Å². The van der Waals surface area contributed by atoms with Crippen molar-refractivity contribution >= 4 is 23.0 Å². The lowest BCUT2D eigenvalue weighted by atomic mass is 10.1. The van der Waals surface area contributed by atoms with E-state index in [2.05, 4.69) is 11.0 Å². The number of rotatable bonds is 2. The third-order valence-electron chi connectivity index (χ3n) is 4.30. The number of hydrogen-bond donors (Lipinski definition) is 1. The largest absolute Gasteiger partial charge is 0.493 e. The van der Waals surface area contributed by atoms with Crippen molar-refractivity contribution < 1.29 is 4.74 Å². The highest BCUT2D eigenvalue weighted by Crippen LogP contribution is 2.38. The molecule has 2 N–H and O–H groups in total. The fourth-order valence-corrected chi connectivity index (χ4v) is 3.66. The van der Waals surface area contributed by atoms with Gasteiger partial charge in [-0.25, -0.2) is 0 Å². The van der Waals surface area contributed by atoms with Crippen molar-refractivity contribution in [1.29, 1.82) is 0 Å². The maximum Gasteiger partial charge on any atom is 0.127 e. The Kier molecular flexibility index (Phi) is 2.96. The molecular formula is C17H17ClN2O. The molecule has 0 amide bonds. The molecule has 2 aliphatic rings. The van der Waals surface area contributed by atoms with Crippen LogP contribution >= 0.6 is 11.6 Å². The molecule has 0 aromatic heterocycles. The van der Waals surface area contributed by atoms with Gasteiger partial charge in [-0.05, 0) is 35.7 Å². The van der Waals surface area contributed by atoms with Gasteiger partial charge in [-0.2, -0.15) is 0 Å². The Labute approximate surface area is 129 Å². The summed E-state index contributed by atoms with van der Waals surface area (Å²) in [5, 5.41) is 0.787. The van der Waals surface area contributed by atoms with E-state index >= 15 is 0 Å². The number of nitrogens with zero attached hydrogens (tertiary/aromatic N) is 1. The highest BCUT2D eigenvalue weighted by atomic mass is 35.5. The molecule has 2 heterocycles. The first-order chi connectivity index (χ1) is 10.2. The van der Waals surface area contributed by atoms with Crippen LogP contribution in [0.3, 0.4) is 0 Å². The quantitative estimate of drug-likeness (QED) is 0.864. The molecular weight excluding hydrogens is 284 g/mol. The average Bonchev–Trinajstić information content (AvgIpc) is 3.06. The summed E-state index contributed by atoms with van der Waals surface area (Å²) in [5.41, 5.74) is 11.9. The van der Waals surface area contributed by atoms with Gasteiger partial charge in [0.25, 0.3) is 0 Å². The van der Waals surface area contributed by atoms with E-state index in [-0.39, 0.29) is 0 Å². The highest BCUT2D eigenvalue weighted by Gasteiger charge is 2.24. The van der Waals surface area contributed by atoms with E-state index in [0.29, 0.717) is 0 Å². The summed E-state index contributed by atoms with van der Waals surface area (Å²) in [5.74, 6) is 1.02. The number of hydrogen-bond acceptors (Lipinski definition) is 3. The maximum absolute atomic E-state index is 6.25. The molecule has 0 aliphatic carbocycles. The summed E-state index contributed by atoms with van der Waals surface area (Å²) >= 11 is 6.25. The average molecular weight is 301 g/mol. The Balaban J connectivity index is 1.71. The monoisotopic (exact) mass is 300 g/mol. The summed E-state index contributed by atoms with van der Waals surface area (Å²) in [6.07, 6.45) is 1.99. The summed E-state index contributed by atoms with van der Waals surface area (Å²) < 4.78 is 5.80. The second-order valence-corrected chi connectivity index (χ2v) is 6.11. The first kappa shape index (κ1) is 12.8. The third kappa shape index (κ3) is 2.12. The van der Waals surface area contributed by atoms with Gasteiger partial charge in [0.05, 0.1) is 18.0 Å². The molecule has 2 aliphatic heterocycles. The number of nitrogen functional groups attached to an aromatic ring is 1. The van der Waals surface area contributed by atoms with E-state index in [4.69, 9.17) is 22.1 Å². The lowest BCUT2D eigenvalue weighted by Gasteiger charge is -2.22. The van der Waals surface area contributed by atoms with Crippen LogP contribution < -0.4 is 15.4 Å². The molecule has 3 nitrogen and oxygen atoms in total. The number of halogens is 1. The van der Waals surface area contributed by atoms with E-state index in [1.54, 1.807) is 0 Å². The van der Waals surface area contributed by atoms with Crippen LogP contribution in [0, 0.1) is 0 Å². The first-order valence-corrected chi connectivity index (χ1v) is 7.66. The lowest BCUT2D eigenvalue weighted by Crippen LogP contribution is -2.21. The fourth-order valence-electron chi connectivity index (χ4n) is 3.39. The van der Waals surface area contributed by atoms with E-state index in [1.807, 2.05) is 24.3 Å². The van der Waals surface area contributed by atoms with Crippen LogP contribution in [-0.4, -0.2) is 13.2 Å². The van der Waals surface area contributed by atoms with E-state index < -0.39 is 0 Å². The van der Waals surface area contributed by atoms with E-state index in [1.165, 1.54) is 16.8 Å². The predicted molar refractivity (Wildman–Crippen MR) is 86.3 cm³/mol. The van der Waals surface area contributed by atoms with Crippen molar-refractivity contribution in [3.05, 3.63) is 52.0 Å². The molecule has 4 rings (SSSR count). The molecule has 2 aromatic carbocycles. The van der Waals surface area contributed by atoms with E-state index in [0.717, 1.165) is 54.6 Å². The number of fused-ring (bicyclic) bond motifs is 2. The van der Waals surface area contributed by atoms with Crippen molar-refractivity contribution in [1.82, 2.24) is 0 Å². The van der Waals surface area contributed by atoms with Crippen molar-refractivity contribution in [3.8, 4) is 5.75 Å². The number of para-hydroxylation sites is 1. The van der Waals surface area contributed by atoms with Crippen LogP contribution in [0.1, 0.15) is 16.7 Å². The van der Waals surface area contributed by atoms with Crippen LogP contribution in [0.25, 0.3) is 0 Å². The first-order valence-electron chi connectivity index (χ1n) is 7.29.